The fourth-order valence-electron chi connectivity index (χ4n) is 2.49. The van der Waals surface area contributed by atoms with Crippen LogP contribution in [-0.2, 0) is 11.8 Å². The Morgan fingerprint density at radius 1 is 1.27 bits per heavy atom. The second-order valence-electron chi connectivity index (χ2n) is 5.55. The molecular formula is C18H16N4O4. The molecule has 0 aliphatic heterocycles. The molecule has 26 heavy (non-hydrogen) atoms. The first-order valence-corrected chi connectivity index (χ1v) is 7.78. The second-order valence-corrected chi connectivity index (χ2v) is 5.55. The Kier molecular flexibility index (Phi) is 4.93. The highest BCUT2D eigenvalue weighted by atomic mass is 16.6. The average Bonchev–Trinajstić information content (AvgIpc) is 2.97. The molecule has 8 nitrogen and oxygen atoms in total. The van der Waals surface area contributed by atoms with Crippen molar-refractivity contribution < 1.29 is 14.5 Å². The summed E-state index contributed by atoms with van der Waals surface area (Å²) in [6.07, 6.45) is 3.50. The van der Waals surface area contributed by atoms with Gasteiger partial charge in [0.2, 0.25) is 0 Å². The summed E-state index contributed by atoms with van der Waals surface area (Å²) in [4.78, 5) is 21.9. The van der Waals surface area contributed by atoms with E-state index < -0.39 is 10.8 Å². The Bertz CT molecular complexity index is 977. The van der Waals surface area contributed by atoms with Crippen LogP contribution in [0.3, 0.4) is 0 Å². The van der Waals surface area contributed by atoms with Gasteiger partial charge < -0.3 is 9.30 Å². The van der Waals surface area contributed by atoms with Gasteiger partial charge in [-0.15, -0.1) is 0 Å². The summed E-state index contributed by atoms with van der Waals surface area (Å²) in [5, 5.41) is 15.6. The van der Waals surface area contributed by atoms with Crippen LogP contribution in [0.4, 0.5) is 5.69 Å². The first-order valence-electron chi connectivity index (χ1n) is 7.78. The first-order chi connectivity index (χ1) is 12.5. The quantitative estimate of drug-likeness (QED) is 0.419. The number of benzene rings is 2. The van der Waals surface area contributed by atoms with E-state index in [0.717, 1.165) is 16.5 Å². The van der Waals surface area contributed by atoms with Crippen molar-refractivity contribution in [3.05, 3.63) is 70.4 Å². The summed E-state index contributed by atoms with van der Waals surface area (Å²) in [7, 11) is 1.94. The predicted molar refractivity (Wildman–Crippen MR) is 97.2 cm³/mol. The normalized spacial score (nSPS) is 11.0. The number of nitro benzene ring substituents is 1. The summed E-state index contributed by atoms with van der Waals surface area (Å²) >= 11 is 0. The van der Waals surface area contributed by atoms with Crippen molar-refractivity contribution in [1.29, 1.82) is 0 Å². The maximum Gasteiger partial charge on any atom is 0.277 e. The molecule has 1 heterocycles. The number of hydrazone groups is 1. The van der Waals surface area contributed by atoms with Gasteiger partial charge in [0.15, 0.2) is 6.61 Å². The number of nitrogens with one attached hydrogen (secondary N) is 1. The molecule has 132 valence electrons. The largest absolute Gasteiger partial charge is 0.484 e. The van der Waals surface area contributed by atoms with Crippen molar-refractivity contribution in [3.63, 3.8) is 0 Å². The number of amides is 1. The summed E-state index contributed by atoms with van der Waals surface area (Å²) in [6.45, 7) is -0.245. The van der Waals surface area contributed by atoms with E-state index in [-0.39, 0.29) is 12.3 Å². The van der Waals surface area contributed by atoms with Gasteiger partial charge in [-0.3, -0.25) is 14.9 Å². The Morgan fingerprint density at radius 3 is 2.73 bits per heavy atom. The lowest BCUT2D eigenvalue weighted by molar-refractivity contribution is -0.384. The zero-order valence-electron chi connectivity index (χ0n) is 14.0. The van der Waals surface area contributed by atoms with E-state index in [2.05, 4.69) is 10.5 Å². The third kappa shape index (κ3) is 3.86. The van der Waals surface area contributed by atoms with E-state index in [1.807, 2.05) is 42.1 Å². The van der Waals surface area contributed by atoms with Gasteiger partial charge in [0.1, 0.15) is 5.75 Å². The highest BCUT2D eigenvalue weighted by molar-refractivity contribution is 5.99. The molecule has 8 heteroatoms. The lowest BCUT2D eigenvalue weighted by atomic mass is 10.2. The Labute approximate surface area is 148 Å². The molecule has 2 aromatic carbocycles. The van der Waals surface area contributed by atoms with Crippen molar-refractivity contribution >= 4 is 28.7 Å². The van der Waals surface area contributed by atoms with Crippen molar-refractivity contribution in [1.82, 2.24) is 9.99 Å². The van der Waals surface area contributed by atoms with Crippen LogP contribution in [0.15, 0.2) is 59.8 Å². The fraction of sp³-hybridized carbons (Fsp3) is 0.111. The second kappa shape index (κ2) is 7.47. The number of hydrogen-bond donors (Lipinski definition) is 1. The lowest BCUT2D eigenvalue weighted by Gasteiger charge is -2.04. The van der Waals surface area contributed by atoms with E-state index in [9.17, 15) is 14.9 Å². The smallest absolute Gasteiger partial charge is 0.277 e. The monoisotopic (exact) mass is 352 g/mol. The summed E-state index contributed by atoms with van der Waals surface area (Å²) in [6, 6.07) is 13.4. The molecule has 0 bridgehead atoms. The number of aryl methyl sites for hydroxylation is 1. The van der Waals surface area contributed by atoms with E-state index in [1.165, 1.54) is 24.3 Å². The number of carbonyl (C=O) groups is 1. The minimum absolute atomic E-state index is 0.0403. The minimum atomic E-state index is -0.502. The summed E-state index contributed by atoms with van der Waals surface area (Å²) < 4.78 is 7.25. The summed E-state index contributed by atoms with van der Waals surface area (Å²) in [5.74, 6) is -0.0661. The van der Waals surface area contributed by atoms with Crippen LogP contribution in [0.25, 0.3) is 10.9 Å². The molecule has 1 N–H and O–H groups in total. The van der Waals surface area contributed by atoms with Gasteiger partial charge in [-0.05, 0) is 18.2 Å². The third-order valence-electron chi connectivity index (χ3n) is 3.74. The average molecular weight is 352 g/mol. The molecule has 0 atom stereocenters. The maximum absolute atomic E-state index is 11.8. The molecule has 0 spiro atoms. The van der Waals surface area contributed by atoms with Crippen molar-refractivity contribution in [2.24, 2.45) is 12.1 Å². The van der Waals surface area contributed by atoms with Crippen LogP contribution in [0.2, 0.25) is 0 Å². The van der Waals surface area contributed by atoms with Gasteiger partial charge in [-0.2, -0.15) is 5.10 Å². The number of para-hydroxylation sites is 1. The number of nitrogens with zero attached hydrogens (tertiary/aromatic N) is 3. The van der Waals surface area contributed by atoms with Crippen molar-refractivity contribution in [2.75, 3.05) is 6.61 Å². The number of rotatable bonds is 6. The molecule has 1 amide bonds. The van der Waals surface area contributed by atoms with Crippen LogP contribution in [-0.4, -0.2) is 28.2 Å². The van der Waals surface area contributed by atoms with Crippen LogP contribution in [0.5, 0.6) is 5.75 Å². The van der Waals surface area contributed by atoms with E-state index in [4.69, 9.17) is 4.74 Å². The van der Waals surface area contributed by atoms with Crippen LogP contribution in [0, 0.1) is 10.1 Å². The molecule has 0 aliphatic carbocycles. The Balaban J connectivity index is 1.55. The zero-order valence-corrected chi connectivity index (χ0v) is 14.0. The van der Waals surface area contributed by atoms with Crippen LogP contribution < -0.4 is 10.2 Å². The molecule has 1 aromatic heterocycles. The predicted octanol–water partition coefficient (Wildman–Crippen LogP) is 2.62. The Morgan fingerprint density at radius 2 is 2.00 bits per heavy atom. The topological polar surface area (TPSA) is 98.8 Å². The highest BCUT2D eigenvalue weighted by Gasteiger charge is 2.07. The number of non-ortho nitro benzene ring substituents is 1. The van der Waals surface area contributed by atoms with Gasteiger partial charge >= 0.3 is 0 Å². The first kappa shape index (κ1) is 17.2. The number of carbonyl (C=O) groups excluding carboxylic acids is 1. The molecule has 0 saturated heterocycles. The molecule has 0 radical (unpaired) electrons. The van der Waals surface area contributed by atoms with E-state index in [1.54, 1.807) is 6.21 Å². The lowest BCUT2D eigenvalue weighted by Crippen LogP contribution is -2.24. The number of fused-ring (bicyclic) bond motifs is 1. The fourth-order valence-corrected chi connectivity index (χ4v) is 2.49. The third-order valence-corrected chi connectivity index (χ3v) is 3.74. The van der Waals surface area contributed by atoms with Gasteiger partial charge in [-0.25, -0.2) is 5.43 Å². The van der Waals surface area contributed by atoms with E-state index >= 15 is 0 Å². The van der Waals surface area contributed by atoms with Gasteiger partial charge in [0.05, 0.1) is 11.1 Å². The maximum atomic E-state index is 11.8. The number of aromatic nitrogens is 1. The SMILES string of the molecule is Cn1cc(/C=N/NC(=O)COc2ccc([N+](=O)[O-])cc2)c2ccccc21. The summed E-state index contributed by atoms with van der Waals surface area (Å²) in [5.41, 5.74) is 4.31. The molecule has 0 saturated carbocycles. The minimum Gasteiger partial charge on any atom is -0.484 e. The molecular weight excluding hydrogens is 336 g/mol. The number of hydrogen-bond acceptors (Lipinski definition) is 5. The van der Waals surface area contributed by atoms with Gasteiger partial charge in [0.25, 0.3) is 11.6 Å². The van der Waals surface area contributed by atoms with Crippen molar-refractivity contribution in [2.45, 2.75) is 0 Å². The van der Waals surface area contributed by atoms with E-state index in [0.29, 0.717) is 5.75 Å². The Hall–Kier alpha value is -3.68. The molecule has 0 unspecified atom stereocenters. The molecule has 0 fully saturated rings. The standard InChI is InChI=1S/C18H16N4O4/c1-21-11-13(16-4-2-3-5-17(16)21)10-19-20-18(23)12-26-15-8-6-14(7-9-15)22(24)25/h2-11H,12H2,1H3,(H,20,23)/b19-10+. The van der Waals surface area contributed by atoms with Crippen molar-refractivity contribution in [3.8, 4) is 5.75 Å². The number of ether oxygens (including phenoxy) is 1. The van der Waals surface area contributed by atoms with Gasteiger partial charge in [-0.1, -0.05) is 18.2 Å². The zero-order chi connectivity index (χ0) is 18.5. The van der Waals surface area contributed by atoms with Crippen LogP contribution >= 0.6 is 0 Å². The number of nitro groups is 1. The molecule has 0 aliphatic rings. The van der Waals surface area contributed by atoms with Gasteiger partial charge in [0, 0.05) is 41.8 Å². The van der Waals surface area contributed by atoms with Crippen LogP contribution in [0.1, 0.15) is 5.56 Å². The molecule has 3 aromatic rings. The molecule has 3 rings (SSSR count). The highest BCUT2D eigenvalue weighted by Crippen LogP contribution is 2.18.